The number of hydrogen-bond donors (Lipinski definition) is 1. The van der Waals surface area contributed by atoms with Crippen molar-refractivity contribution in [2.24, 2.45) is 5.92 Å². The molecular weight excluding hydrogens is 358 g/mol. The predicted molar refractivity (Wildman–Crippen MR) is 118 cm³/mol. The number of anilines is 2. The van der Waals surface area contributed by atoms with Crippen LogP contribution in [0.2, 0.25) is 0 Å². The molecule has 1 fully saturated rings. The van der Waals surface area contributed by atoms with Crippen molar-refractivity contribution in [1.29, 1.82) is 0 Å². The van der Waals surface area contributed by atoms with Crippen LogP contribution in [0.25, 0.3) is 0 Å². The van der Waals surface area contributed by atoms with Crippen LogP contribution < -0.4 is 10.2 Å². The molecule has 1 aliphatic heterocycles. The maximum atomic E-state index is 12.7. The SMILES string of the molecule is Cc1ccccc1NC(=O)c1cncc(N2CCC(Cc3ccccc3)CC2)c1. The normalized spacial score (nSPS) is 14.6. The first kappa shape index (κ1) is 19.2. The molecule has 4 heteroatoms. The molecule has 3 aromatic rings. The van der Waals surface area contributed by atoms with E-state index >= 15 is 0 Å². The summed E-state index contributed by atoms with van der Waals surface area (Å²) < 4.78 is 0. The Bertz CT molecular complexity index is 963. The number of nitrogens with zero attached hydrogens (tertiary/aromatic N) is 2. The number of hydrogen-bond acceptors (Lipinski definition) is 3. The number of aryl methyl sites for hydroxylation is 1. The van der Waals surface area contributed by atoms with E-state index in [1.54, 1.807) is 6.20 Å². The van der Waals surface area contributed by atoms with Gasteiger partial charge in [0.1, 0.15) is 0 Å². The molecule has 1 aliphatic rings. The lowest BCUT2D eigenvalue weighted by Gasteiger charge is -2.33. The van der Waals surface area contributed by atoms with Crippen LogP contribution in [0.3, 0.4) is 0 Å². The molecule has 4 rings (SSSR count). The van der Waals surface area contributed by atoms with Crippen LogP contribution in [0.5, 0.6) is 0 Å². The van der Waals surface area contributed by atoms with Gasteiger partial charge in [0, 0.05) is 25.0 Å². The Balaban J connectivity index is 1.38. The Kier molecular flexibility index (Phi) is 5.89. The van der Waals surface area contributed by atoms with E-state index in [0.717, 1.165) is 49.3 Å². The molecule has 1 amide bonds. The highest BCUT2D eigenvalue weighted by molar-refractivity contribution is 6.04. The number of rotatable bonds is 5. The van der Waals surface area contributed by atoms with Gasteiger partial charge in [-0.3, -0.25) is 9.78 Å². The van der Waals surface area contributed by atoms with E-state index in [1.807, 2.05) is 43.5 Å². The number of carbonyl (C=O) groups excluding carboxylic acids is 1. The van der Waals surface area contributed by atoms with Crippen LogP contribution in [0.4, 0.5) is 11.4 Å². The summed E-state index contributed by atoms with van der Waals surface area (Å²) in [5.74, 6) is 0.599. The topological polar surface area (TPSA) is 45.2 Å². The number of piperidine rings is 1. The second-order valence-corrected chi connectivity index (χ2v) is 7.82. The fraction of sp³-hybridized carbons (Fsp3) is 0.280. The summed E-state index contributed by atoms with van der Waals surface area (Å²) in [7, 11) is 0. The van der Waals surface area contributed by atoms with Gasteiger partial charge in [-0.05, 0) is 55.4 Å². The van der Waals surface area contributed by atoms with Crippen LogP contribution in [0, 0.1) is 12.8 Å². The molecule has 1 saturated heterocycles. The van der Waals surface area contributed by atoms with E-state index in [2.05, 4.69) is 45.5 Å². The first-order valence-electron chi connectivity index (χ1n) is 10.3. The van der Waals surface area contributed by atoms with E-state index < -0.39 is 0 Å². The molecule has 2 heterocycles. The van der Waals surface area contributed by atoms with Crippen LogP contribution >= 0.6 is 0 Å². The van der Waals surface area contributed by atoms with Gasteiger partial charge in [0.05, 0.1) is 17.4 Å². The molecule has 0 spiro atoms. The molecular formula is C25H27N3O. The summed E-state index contributed by atoms with van der Waals surface area (Å²) in [6, 6.07) is 20.5. The third kappa shape index (κ3) is 4.83. The van der Waals surface area contributed by atoms with Crippen molar-refractivity contribution in [2.45, 2.75) is 26.2 Å². The maximum Gasteiger partial charge on any atom is 0.257 e. The largest absolute Gasteiger partial charge is 0.370 e. The van der Waals surface area contributed by atoms with E-state index in [1.165, 1.54) is 5.56 Å². The van der Waals surface area contributed by atoms with Crippen molar-refractivity contribution in [2.75, 3.05) is 23.3 Å². The van der Waals surface area contributed by atoms with Gasteiger partial charge in [0.15, 0.2) is 0 Å². The molecule has 0 unspecified atom stereocenters. The number of aromatic nitrogens is 1. The number of benzene rings is 2. The highest BCUT2D eigenvalue weighted by Gasteiger charge is 2.20. The molecule has 0 radical (unpaired) electrons. The minimum atomic E-state index is -0.118. The molecule has 2 aromatic carbocycles. The lowest BCUT2D eigenvalue weighted by atomic mass is 9.90. The second-order valence-electron chi connectivity index (χ2n) is 7.82. The van der Waals surface area contributed by atoms with Gasteiger partial charge in [-0.25, -0.2) is 0 Å². The van der Waals surface area contributed by atoms with Crippen molar-refractivity contribution in [3.8, 4) is 0 Å². The number of amides is 1. The molecule has 148 valence electrons. The summed E-state index contributed by atoms with van der Waals surface area (Å²) in [4.78, 5) is 19.4. The van der Waals surface area contributed by atoms with E-state index in [0.29, 0.717) is 11.5 Å². The predicted octanol–water partition coefficient (Wildman–Crippen LogP) is 5.10. The average Bonchev–Trinajstić information content (AvgIpc) is 2.77. The number of nitrogens with one attached hydrogen (secondary N) is 1. The van der Waals surface area contributed by atoms with Crippen molar-refractivity contribution in [1.82, 2.24) is 4.98 Å². The molecule has 4 nitrogen and oxygen atoms in total. The zero-order chi connectivity index (χ0) is 20.1. The summed E-state index contributed by atoms with van der Waals surface area (Å²) in [5.41, 5.74) is 4.93. The summed E-state index contributed by atoms with van der Waals surface area (Å²) in [6.07, 6.45) is 6.97. The van der Waals surface area contributed by atoms with Gasteiger partial charge in [0.25, 0.3) is 5.91 Å². The van der Waals surface area contributed by atoms with E-state index in [-0.39, 0.29) is 5.91 Å². The Morgan fingerprint density at radius 2 is 1.76 bits per heavy atom. The molecule has 0 bridgehead atoms. The molecule has 1 N–H and O–H groups in total. The van der Waals surface area contributed by atoms with E-state index in [4.69, 9.17) is 0 Å². The van der Waals surface area contributed by atoms with Gasteiger partial charge in [-0.15, -0.1) is 0 Å². The summed E-state index contributed by atoms with van der Waals surface area (Å²) >= 11 is 0. The van der Waals surface area contributed by atoms with Crippen molar-refractivity contribution >= 4 is 17.3 Å². The number of pyridine rings is 1. The fourth-order valence-electron chi connectivity index (χ4n) is 3.98. The van der Waals surface area contributed by atoms with E-state index in [9.17, 15) is 4.79 Å². The van der Waals surface area contributed by atoms with Gasteiger partial charge in [0.2, 0.25) is 0 Å². The van der Waals surface area contributed by atoms with Gasteiger partial charge < -0.3 is 10.2 Å². The minimum Gasteiger partial charge on any atom is -0.370 e. The van der Waals surface area contributed by atoms with Gasteiger partial charge in [-0.1, -0.05) is 48.5 Å². The second kappa shape index (κ2) is 8.91. The monoisotopic (exact) mass is 385 g/mol. The molecule has 1 aromatic heterocycles. The Morgan fingerprint density at radius 3 is 2.52 bits per heavy atom. The summed E-state index contributed by atoms with van der Waals surface area (Å²) in [6.45, 7) is 3.99. The third-order valence-corrected chi connectivity index (χ3v) is 5.73. The molecule has 0 atom stereocenters. The minimum absolute atomic E-state index is 0.118. The molecule has 29 heavy (non-hydrogen) atoms. The van der Waals surface area contributed by atoms with Crippen LogP contribution in [0.1, 0.15) is 34.3 Å². The first-order valence-corrected chi connectivity index (χ1v) is 10.3. The Hall–Kier alpha value is -3.14. The Morgan fingerprint density at radius 1 is 1.03 bits per heavy atom. The number of carbonyl (C=O) groups is 1. The smallest absolute Gasteiger partial charge is 0.257 e. The Labute approximate surface area is 172 Å². The average molecular weight is 386 g/mol. The highest BCUT2D eigenvalue weighted by atomic mass is 16.1. The third-order valence-electron chi connectivity index (χ3n) is 5.73. The standard InChI is InChI=1S/C25H27N3O/c1-19-7-5-6-10-24(19)27-25(29)22-16-23(18-26-17-22)28-13-11-21(12-14-28)15-20-8-3-2-4-9-20/h2-10,16-18,21H,11-15H2,1H3,(H,27,29). The van der Waals surface area contributed by atoms with Crippen LogP contribution in [-0.2, 0) is 6.42 Å². The quantitative estimate of drug-likeness (QED) is 0.664. The molecule has 0 aliphatic carbocycles. The lowest BCUT2D eigenvalue weighted by Crippen LogP contribution is -2.34. The lowest BCUT2D eigenvalue weighted by molar-refractivity contribution is 0.102. The van der Waals surface area contributed by atoms with Crippen molar-refractivity contribution in [3.05, 3.63) is 89.7 Å². The highest BCUT2D eigenvalue weighted by Crippen LogP contribution is 2.26. The zero-order valence-electron chi connectivity index (χ0n) is 16.8. The van der Waals surface area contributed by atoms with Crippen LogP contribution in [-0.4, -0.2) is 24.0 Å². The first-order chi connectivity index (χ1) is 14.2. The molecule has 0 saturated carbocycles. The fourth-order valence-corrected chi connectivity index (χ4v) is 3.98. The van der Waals surface area contributed by atoms with Gasteiger partial charge >= 0.3 is 0 Å². The van der Waals surface area contributed by atoms with Crippen LogP contribution in [0.15, 0.2) is 73.1 Å². The number of para-hydroxylation sites is 1. The van der Waals surface area contributed by atoms with Crippen molar-refractivity contribution < 1.29 is 4.79 Å². The summed E-state index contributed by atoms with van der Waals surface area (Å²) in [5, 5.41) is 2.99. The zero-order valence-corrected chi connectivity index (χ0v) is 16.8. The maximum absolute atomic E-state index is 12.7. The van der Waals surface area contributed by atoms with Gasteiger partial charge in [-0.2, -0.15) is 0 Å². The van der Waals surface area contributed by atoms with Crippen molar-refractivity contribution in [3.63, 3.8) is 0 Å².